The Bertz CT molecular complexity index is 888. The summed E-state index contributed by atoms with van der Waals surface area (Å²) in [4.78, 5) is 9.79. The van der Waals surface area contributed by atoms with E-state index in [1.165, 1.54) is 44.4 Å². The summed E-state index contributed by atoms with van der Waals surface area (Å²) in [6.45, 7) is 1.21. The first kappa shape index (κ1) is 19.0. The summed E-state index contributed by atoms with van der Waals surface area (Å²) in [5.41, 5.74) is -1.66. The summed E-state index contributed by atoms with van der Waals surface area (Å²) in [5.74, 6) is -0.545. The lowest BCUT2D eigenvalue weighted by atomic mass is 9.95. The highest BCUT2D eigenvalue weighted by Crippen LogP contribution is 2.28. The Morgan fingerprint density at radius 1 is 1.20 bits per heavy atom. The summed E-state index contributed by atoms with van der Waals surface area (Å²) >= 11 is 0. The molecule has 0 bridgehead atoms. The van der Waals surface area contributed by atoms with Crippen LogP contribution in [0.25, 0.3) is 0 Å². The van der Waals surface area contributed by atoms with Crippen LogP contribution in [0.15, 0.2) is 53.4 Å². The largest absolute Gasteiger partial charge is 0.372 e. The first-order valence-corrected chi connectivity index (χ1v) is 8.73. The number of halogens is 1. The van der Waals surface area contributed by atoms with E-state index in [9.17, 15) is 22.9 Å². The number of ether oxygens (including phenoxy) is 1. The van der Waals surface area contributed by atoms with Crippen LogP contribution in [-0.2, 0) is 20.4 Å². The van der Waals surface area contributed by atoms with Crippen LogP contribution in [-0.4, -0.2) is 27.0 Å². The molecule has 0 aliphatic carbocycles. The third-order valence-corrected chi connectivity index (χ3v) is 5.29. The quantitative estimate of drug-likeness (QED) is 0.598. The normalized spacial score (nSPS) is 14.0. The average Bonchev–Trinajstić information content (AvgIpc) is 2.60. The van der Waals surface area contributed by atoms with Crippen molar-refractivity contribution in [1.82, 2.24) is 4.72 Å². The maximum absolute atomic E-state index is 14.0. The van der Waals surface area contributed by atoms with Crippen LogP contribution < -0.4 is 4.72 Å². The second kappa shape index (κ2) is 7.26. The van der Waals surface area contributed by atoms with Crippen molar-refractivity contribution < 1.29 is 22.5 Å². The number of hydrogen-bond acceptors (Lipinski definition) is 5. The van der Waals surface area contributed by atoms with E-state index in [1.54, 1.807) is 6.07 Å². The van der Waals surface area contributed by atoms with Gasteiger partial charge in [-0.1, -0.05) is 30.3 Å². The molecule has 9 heteroatoms. The number of nitrogens with one attached hydrogen (secondary N) is 1. The maximum atomic E-state index is 14.0. The summed E-state index contributed by atoms with van der Waals surface area (Å²) in [5, 5.41) is 11.0. The lowest BCUT2D eigenvalue weighted by Crippen LogP contribution is -2.40. The van der Waals surface area contributed by atoms with Crippen LogP contribution in [0.5, 0.6) is 0 Å². The molecule has 1 N–H and O–H groups in total. The van der Waals surface area contributed by atoms with Crippen LogP contribution in [0.2, 0.25) is 0 Å². The molecule has 0 aliphatic heterocycles. The molecular formula is C16H17FN2O5S. The van der Waals surface area contributed by atoms with Gasteiger partial charge in [-0.25, -0.2) is 17.5 Å². The zero-order valence-electron chi connectivity index (χ0n) is 13.6. The van der Waals surface area contributed by atoms with E-state index in [2.05, 4.69) is 4.72 Å². The molecule has 0 fully saturated rings. The minimum Gasteiger partial charge on any atom is -0.372 e. The minimum absolute atomic E-state index is 0.169. The van der Waals surface area contributed by atoms with E-state index in [0.717, 1.165) is 12.1 Å². The number of nitro benzene ring substituents is 1. The molecule has 2 rings (SSSR count). The monoisotopic (exact) mass is 368 g/mol. The molecule has 0 heterocycles. The van der Waals surface area contributed by atoms with Crippen LogP contribution in [0.4, 0.5) is 10.1 Å². The second-order valence-electron chi connectivity index (χ2n) is 5.46. The number of nitro groups is 1. The Hall–Kier alpha value is -2.36. The highest BCUT2D eigenvalue weighted by molar-refractivity contribution is 7.89. The summed E-state index contributed by atoms with van der Waals surface area (Å²) in [7, 11) is -2.87. The van der Waals surface area contributed by atoms with E-state index in [4.69, 9.17) is 4.74 Å². The predicted octanol–water partition coefficient (Wildman–Crippen LogP) is 2.57. The molecule has 2 aromatic carbocycles. The lowest BCUT2D eigenvalue weighted by Gasteiger charge is -2.29. The molecule has 2 aromatic rings. The first-order chi connectivity index (χ1) is 11.7. The van der Waals surface area contributed by atoms with Crippen molar-refractivity contribution in [3.8, 4) is 0 Å². The van der Waals surface area contributed by atoms with E-state index in [-0.39, 0.29) is 12.1 Å². The van der Waals surface area contributed by atoms with Gasteiger partial charge in [-0.15, -0.1) is 0 Å². The van der Waals surface area contributed by atoms with Gasteiger partial charge in [0.05, 0.1) is 4.92 Å². The number of benzene rings is 2. The molecule has 134 valence electrons. The molecule has 25 heavy (non-hydrogen) atoms. The lowest BCUT2D eigenvalue weighted by molar-refractivity contribution is -0.387. The fraction of sp³-hybridized carbons (Fsp3) is 0.250. The van der Waals surface area contributed by atoms with Crippen molar-refractivity contribution >= 4 is 15.7 Å². The third-order valence-electron chi connectivity index (χ3n) is 3.85. The molecule has 0 radical (unpaired) electrons. The fourth-order valence-electron chi connectivity index (χ4n) is 2.31. The molecule has 0 aliphatic rings. The SMILES string of the molecule is COC(C)(CNS(=O)(=O)c1ccccc1[N+](=O)[O-])c1ccccc1F. The summed E-state index contributed by atoms with van der Waals surface area (Å²) < 4.78 is 46.6. The minimum atomic E-state index is -4.19. The van der Waals surface area contributed by atoms with Crippen molar-refractivity contribution in [2.24, 2.45) is 0 Å². The number of nitrogens with zero attached hydrogens (tertiary/aromatic N) is 1. The Morgan fingerprint density at radius 2 is 1.80 bits per heavy atom. The molecule has 0 spiro atoms. The molecule has 0 aromatic heterocycles. The number of rotatable bonds is 7. The number of hydrogen-bond donors (Lipinski definition) is 1. The van der Waals surface area contributed by atoms with E-state index < -0.39 is 36.9 Å². The van der Waals surface area contributed by atoms with Gasteiger partial charge in [0, 0.05) is 25.3 Å². The molecular weight excluding hydrogens is 351 g/mol. The van der Waals surface area contributed by atoms with Gasteiger partial charge in [0.1, 0.15) is 11.4 Å². The van der Waals surface area contributed by atoms with Gasteiger partial charge in [-0.3, -0.25) is 10.1 Å². The highest BCUT2D eigenvalue weighted by Gasteiger charge is 2.33. The van der Waals surface area contributed by atoms with Gasteiger partial charge in [0.15, 0.2) is 4.90 Å². The van der Waals surface area contributed by atoms with Crippen molar-refractivity contribution in [2.75, 3.05) is 13.7 Å². The van der Waals surface area contributed by atoms with E-state index in [0.29, 0.717) is 0 Å². The van der Waals surface area contributed by atoms with Gasteiger partial charge in [0.25, 0.3) is 5.69 Å². The van der Waals surface area contributed by atoms with E-state index >= 15 is 0 Å². The number of methoxy groups -OCH3 is 1. The smallest absolute Gasteiger partial charge is 0.289 e. The maximum Gasteiger partial charge on any atom is 0.289 e. The van der Waals surface area contributed by atoms with Crippen LogP contribution in [0, 0.1) is 15.9 Å². The van der Waals surface area contributed by atoms with Crippen molar-refractivity contribution in [3.05, 3.63) is 70.0 Å². The van der Waals surface area contributed by atoms with Crippen molar-refractivity contribution in [2.45, 2.75) is 17.4 Å². The molecule has 1 atom stereocenters. The van der Waals surface area contributed by atoms with E-state index in [1.807, 2.05) is 0 Å². The summed E-state index contributed by atoms with van der Waals surface area (Å²) in [6, 6.07) is 10.8. The number of sulfonamides is 1. The summed E-state index contributed by atoms with van der Waals surface area (Å²) in [6.07, 6.45) is 0. The Labute approximate surface area is 144 Å². The molecule has 1 unspecified atom stereocenters. The zero-order valence-corrected chi connectivity index (χ0v) is 14.4. The Morgan fingerprint density at radius 3 is 2.40 bits per heavy atom. The van der Waals surface area contributed by atoms with Gasteiger partial charge in [-0.2, -0.15) is 0 Å². The molecule has 0 amide bonds. The van der Waals surface area contributed by atoms with Gasteiger partial charge in [0.2, 0.25) is 10.0 Å². The molecule has 0 saturated carbocycles. The molecule has 7 nitrogen and oxygen atoms in total. The van der Waals surface area contributed by atoms with Crippen molar-refractivity contribution in [1.29, 1.82) is 0 Å². The Kier molecular flexibility index (Phi) is 5.51. The third kappa shape index (κ3) is 4.01. The fourth-order valence-corrected chi connectivity index (χ4v) is 3.61. The van der Waals surface area contributed by atoms with Crippen molar-refractivity contribution in [3.63, 3.8) is 0 Å². The van der Waals surface area contributed by atoms with Crippen LogP contribution in [0.1, 0.15) is 12.5 Å². The predicted molar refractivity (Wildman–Crippen MR) is 89.0 cm³/mol. The van der Waals surface area contributed by atoms with Gasteiger partial charge >= 0.3 is 0 Å². The topological polar surface area (TPSA) is 98.5 Å². The van der Waals surface area contributed by atoms with Gasteiger partial charge in [-0.05, 0) is 19.1 Å². The Balaban J connectivity index is 2.33. The molecule has 0 saturated heterocycles. The second-order valence-corrected chi connectivity index (χ2v) is 7.20. The highest BCUT2D eigenvalue weighted by atomic mass is 32.2. The van der Waals surface area contributed by atoms with Crippen LogP contribution in [0.3, 0.4) is 0 Å². The first-order valence-electron chi connectivity index (χ1n) is 7.24. The zero-order chi connectivity index (χ0) is 18.7. The standard InChI is InChI=1S/C16H17FN2O5S/c1-16(24-2,12-7-3-4-8-13(12)17)11-18-25(22,23)15-10-6-5-9-14(15)19(20)21/h3-10,18H,11H2,1-2H3. The van der Waals surface area contributed by atoms with Crippen LogP contribution >= 0.6 is 0 Å². The number of para-hydroxylation sites is 1. The van der Waals surface area contributed by atoms with Gasteiger partial charge < -0.3 is 4.74 Å². The average molecular weight is 368 g/mol.